The number of halogens is 4. The first-order valence-corrected chi connectivity index (χ1v) is 11.6. The zero-order valence-electron chi connectivity index (χ0n) is 17.7. The maximum absolute atomic E-state index is 12.4. The molecule has 2 aromatic carbocycles. The molecule has 1 amide bonds. The second kappa shape index (κ2) is 10.5. The van der Waals surface area contributed by atoms with Gasteiger partial charge in [0, 0.05) is 36.9 Å². The van der Waals surface area contributed by atoms with Gasteiger partial charge in [-0.1, -0.05) is 53.3 Å². The Morgan fingerprint density at radius 2 is 1.61 bits per heavy atom. The summed E-state index contributed by atoms with van der Waals surface area (Å²) < 4.78 is 5.61. The van der Waals surface area contributed by atoms with Crippen LogP contribution in [0.25, 0.3) is 0 Å². The smallest absolute Gasteiger partial charge is 0.262 e. The predicted octanol–water partition coefficient (Wildman–Crippen LogP) is 6.08. The highest BCUT2D eigenvalue weighted by Gasteiger charge is 2.20. The number of amides is 1. The molecule has 0 bridgehead atoms. The van der Waals surface area contributed by atoms with Gasteiger partial charge in [0.2, 0.25) is 0 Å². The van der Waals surface area contributed by atoms with Crippen LogP contribution in [0, 0.1) is 13.8 Å². The largest absolute Gasteiger partial charge is 0.481 e. The van der Waals surface area contributed by atoms with Gasteiger partial charge in [-0.15, -0.1) is 0 Å². The van der Waals surface area contributed by atoms with Crippen molar-refractivity contribution in [3.63, 3.8) is 0 Å². The van der Waals surface area contributed by atoms with Crippen LogP contribution in [0.15, 0.2) is 18.2 Å². The zero-order chi connectivity index (χ0) is 22.7. The van der Waals surface area contributed by atoms with Crippen LogP contribution >= 0.6 is 46.4 Å². The van der Waals surface area contributed by atoms with Crippen LogP contribution in [0.1, 0.15) is 18.1 Å². The van der Waals surface area contributed by atoms with E-state index in [1.807, 2.05) is 12.1 Å². The summed E-state index contributed by atoms with van der Waals surface area (Å²) in [6.45, 7) is 10.4. The second-order valence-electron chi connectivity index (χ2n) is 7.45. The highest BCUT2D eigenvalue weighted by Crippen LogP contribution is 2.42. The monoisotopic (exact) mass is 503 g/mol. The summed E-state index contributed by atoms with van der Waals surface area (Å²) >= 11 is 25.3. The fourth-order valence-corrected chi connectivity index (χ4v) is 4.64. The van der Waals surface area contributed by atoms with Crippen LogP contribution in [-0.4, -0.2) is 50.1 Å². The molecule has 1 N–H and O–H groups in total. The van der Waals surface area contributed by atoms with Gasteiger partial charge in [-0.3, -0.25) is 4.79 Å². The Balaban J connectivity index is 1.62. The van der Waals surface area contributed by atoms with Gasteiger partial charge < -0.3 is 19.9 Å². The fourth-order valence-electron chi connectivity index (χ4n) is 3.52. The fraction of sp³-hybridized carbons (Fsp3) is 0.409. The molecule has 1 aliphatic heterocycles. The summed E-state index contributed by atoms with van der Waals surface area (Å²) in [5.74, 6) is -0.102. The normalized spacial score (nSPS) is 14.6. The van der Waals surface area contributed by atoms with E-state index in [4.69, 9.17) is 51.1 Å². The molecule has 31 heavy (non-hydrogen) atoms. The molecule has 1 aliphatic rings. The van der Waals surface area contributed by atoms with Crippen molar-refractivity contribution >= 4 is 63.7 Å². The summed E-state index contributed by atoms with van der Waals surface area (Å²) in [5.41, 5.74) is 2.87. The van der Waals surface area contributed by atoms with Crippen LogP contribution in [0.3, 0.4) is 0 Å². The van der Waals surface area contributed by atoms with Crippen molar-refractivity contribution in [3.8, 4) is 5.75 Å². The molecule has 0 radical (unpaired) electrons. The van der Waals surface area contributed by atoms with Gasteiger partial charge in [-0.25, -0.2) is 0 Å². The van der Waals surface area contributed by atoms with Crippen molar-refractivity contribution in [2.75, 3.05) is 49.5 Å². The number of benzene rings is 2. The summed E-state index contributed by atoms with van der Waals surface area (Å²) in [4.78, 5) is 17.1. The lowest BCUT2D eigenvalue weighted by atomic mass is 10.1. The van der Waals surface area contributed by atoms with Crippen molar-refractivity contribution < 1.29 is 9.53 Å². The average molecular weight is 505 g/mol. The maximum Gasteiger partial charge on any atom is 0.262 e. The Morgan fingerprint density at radius 1 is 1.00 bits per heavy atom. The molecule has 2 aromatic rings. The highest BCUT2D eigenvalue weighted by atomic mass is 35.5. The van der Waals surface area contributed by atoms with E-state index in [9.17, 15) is 4.79 Å². The number of hydrogen-bond acceptors (Lipinski definition) is 4. The molecule has 1 saturated heterocycles. The van der Waals surface area contributed by atoms with Crippen molar-refractivity contribution in [2.45, 2.75) is 20.8 Å². The van der Waals surface area contributed by atoms with E-state index in [2.05, 4.69) is 22.0 Å². The van der Waals surface area contributed by atoms with E-state index in [1.165, 1.54) is 0 Å². The molecular formula is C22H25Cl4N3O2. The van der Waals surface area contributed by atoms with Gasteiger partial charge in [-0.05, 0) is 49.7 Å². The van der Waals surface area contributed by atoms with Gasteiger partial charge in [0.1, 0.15) is 0 Å². The summed E-state index contributed by atoms with van der Waals surface area (Å²) in [6.07, 6.45) is 0. The highest BCUT2D eigenvalue weighted by molar-refractivity contribution is 6.42. The van der Waals surface area contributed by atoms with Gasteiger partial charge in [0.15, 0.2) is 12.4 Å². The van der Waals surface area contributed by atoms with Crippen LogP contribution < -0.4 is 15.0 Å². The van der Waals surface area contributed by atoms with Crippen LogP contribution in [-0.2, 0) is 4.79 Å². The van der Waals surface area contributed by atoms with Crippen LogP contribution in [0.4, 0.5) is 11.4 Å². The molecule has 0 atom stereocenters. The van der Waals surface area contributed by atoms with Gasteiger partial charge in [0.25, 0.3) is 5.91 Å². The number of anilines is 2. The minimum Gasteiger partial charge on any atom is -0.481 e. The van der Waals surface area contributed by atoms with Crippen molar-refractivity contribution in [1.82, 2.24) is 4.90 Å². The quantitative estimate of drug-likeness (QED) is 0.518. The first-order valence-electron chi connectivity index (χ1n) is 10.1. The molecule has 0 unspecified atom stereocenters. The summed E-state index contributed by atoms with van der Waals surface area (Å²) in [6, 6.07) is 5.51. The van der Waals surface area contributed by atoms with Crippen molar-refractivity contribution in [2.24, 2.45) is 0 Å². The van der Waals surface area contributed by atoms with Crippen LogP contribution in [0.5, 0.6) is 5.75 Å². The number of nitrogens with one attached hydrogen (secondary N) is 1. The van der Waals surface area contributed by atoms with Crippen molar-refractivity contribution in [3.05, 3.63) is 49.4 Å². The zero-order valence-corrected chi connectivity index (χ0v) is 20.7. The third-order valence-electron chi connectivity index (χ3n) is 5.45. The molecule has 1 heterocycles. The first-order chi connectivity index (χ1) is 14.7. The second-order valence-corrected chi connectivity index (χ2v) is 8.99. The summed E-state index contributed by atoms with van der Waals surface area (Å²) in [7, 11) is 0. The number of carbonyl (C=O) groups is 1. The molecule has 1 fully saturated rings. The van der Waals surface area contributed by atoms with Crippen LogP contribution in [0.2, 0.25) is 20.1 Å². The van der Waals surface area contributed by atoms with Gasteiger partial charge in [0.05, 0.1) is 20.8 Å². The molecule has 9 heteroatoms. The molecule has 0 spiro atoms. The Morgan fingerprint density at radius 3 is 2.16 bits per heavy atom. The summed E-state index contributed by atoms with van der Waals surface area (Å²) in [5, 5.41) is 4.46. The Kier molecular flexibility index (Phi) is 8.22. The first kappa shape index (κ1) is 24.3. The lowest BCUT2D eigenvalue weighted by Crippen LogP contribution is -2.46. The molecule has 0 saturated carbocycles. The lowest BCUT2D eigenvalue weighted by Gasteiger charge is -2.36. The number of nitrogens with zero attached hydrogens (tertiary/aromatic N) is 2. The Hall–Kier alpha value is -1.37. The predicted molar refractivity (Wildman–Crippen MR) is 131 cm³/mol. The molecule has 0 aromatic heterocycles. The number of carbonyl (C=O) groups excluding carboxylic acids is 1. The number of rotatable bonds is 6. The molecule has 168 valence electrons. The van der Waals surface area contributed by atoms with E-state index in [-0.39, 0.29) is 18.3 Å². The Bertz CT molecular complexity index is 947. The van der Waals surface area contributed by atoms with E-state index in [0.717, 1.165) is 38.4 Å². The topological polar surface area (TPSA) is 44.8 Å². The number of piperazine rings is 1. The average Bonchev–Trinajstić information content (AvgIpc) is 2.76. The van der Waals surface area contributed by atoms with Gasteiger partial charge >= 0.3 is 0 Å². The van der Waals surface area contributed by atoms with E-state index in [1.54, 1.807) is 19.9 Å². The SMILES string of the molecule is CCN1CCN(c2ccc(NC(=O)COc3c(Cl)c(C)c(Cl)c(C)c3Cl)cc2Cl)CC1. The standard InChI is InChI=1S/C22H25Cl4N3O2/c1-4-28-7-9-29(10-8-28)17-6-5-15(11-16(17)23)27-18(30)12-31-22-20(25)13(2)19(24)14(3)21(22)26/h5-6,11H,4,7-10,12H2,1-3H3,(H,27,30). The lowest BCUT2D eigenvalue weighted by molar-refractivity contribution is -0.118. The molecular weight excluding hydrogens is 480 g/mol. The molecule has 0 aliphatic carbocycles. The van der Waals surface area contributed by atoms with E-state index in [0.29, 0.717) is 36.9 Å². The van der Waals surface area contributed by atoms with E-state index < -0.39 is 0 Å². The van der Waals surface area contributed by atoms with Gasteiger partial charge in [-0.2, -0.15) is 0 Å². The minimum absolute atomic E-state index is 0.248. The third kappa shape index (κ3) is 5.52. The maximum atomic E-state index is 12.4. The van der Waals surface area contributed by atoms with E-state index >= 15 is 0 Å². The Labute approximate surface area is 203 Å². The number of hydrogen-bond donors (Lipinski definition) is 1. The molecule has 3 rings (SSSR count). The minimum atomic E-state index is -0.349. The molecule has 5 nitrogen and oxygen atoms in total. The third-order valence-corrected chi connectivity index (χ3v) is 7.23. The number of ether oxygens (including phenoxy) is 1. The number of likely N-dealkylation sites (N-methyl/N-ethyl adjacent to an activating group) is 1. The van der Waals surface area contributed by atoms with Crippen molar-refractivity contribution in [1.29, 1.82) is 0 Å².